The maximum atomic E-state index is 3.88. The summed E-state index contributed by atoms with van der Waals surface area (Å²) in [6.45, 7) is 7.37. The number of hydrogen-bond acceptors (Lipinski definition) is 2. The molecule has 17 heavy (non-hydrogen) atoms. The number of nitrogens with zero attached hydrogens (tertiary/aromatic N) is 1. The van der Waals surface area contributed by atoms with Gasteiger partial charge in [0.1, 0.15) is 0 Å². The van der Waals surface area contributed by atoms with Crippen LogP contribution in [0.25, 0.3) is 0 Å². The number of nitrogens with one attached hydrogen (secondary N) is 1. The van der Waals surface area contributed by atoms with E-state index in [9.17, 15) is 0 Å². The summed E-state index contributed by atoms with van der Waals surface area (Å²) in [4.78, 5) is 2.89. The van der Waals surface area contributed by atoms with Crippen molar-refractivity contribution in [2.45, 2.75) is 76.4 Å². The molecule has 0 aromatic heterocycles. The number of piperazine rings is 1. The number of hydrogen-bond donors (Lipinski definition) is 1. The van der Waals surface area contributed by atoms with Crippen LogP contribution in [0.4, 0.5) is 0 Å². The van der Waals surface area contributed by atoms with E-state index in [1.165, 1.54) is 58.0 Å². The summed E-state index contributed by atoms with van der Waals surface area (Å²) in [5, 5.41) is 3.88. The molecule has 0 bridgehead atoms. The molecule has 3 aliphatic rings. The Labute approximate surface area is 106 Å². The largest absolute Gasteiger partial charge is 0.311 e. The third-order valence-corrected chi connectivity index (χ3v) is 5.54. The smallest absolute Gasteiger partial charge is 0.0337 e. The molecule has 2 saturated carbocycles. The lowest BCUT2D eigenvalue weighted by molar-refractivity contribution is 0.00565. The van der Waals surface area contributed by atoms with Crippen LogP contribution in [0.15, 0.2) is 0 Å². The zero-order chi connectivity index (χ0) is 11.9. The molecule has 2 aliphatic carbocycles. The molecule has 1 aliphatic heterocycles. The van der Waals surface area contributed by atoms with Crippen molar-refractivity contribution in [1.29, 1.82) is 0 Å². The molecule has 3 rings (SSSR count). The molecule has 98 valence electrons. The van der Waals surface area contributed by atoms with Crippen LogP contribution in [0.3, 0.4) is 0 Å². The highest BCUT2D eigenvalue weighted by molar-refractivity contribution is 5.05. The van der Waals surface area contributed by atoms with Crippen molar-refractivity contribution in [2.24, 2.45) is 5.92 Å². The first-order valence-electron chi connectivity index (χ1n) is 7.75. The van der Waals surface area contributed by atoms with Crippen molar-refractivity contribution in [3.8, 4) is 0 Å². The van der Waals surface area contributed by atoms with Crippen LogP contribution >= 0.6 is 0 Å². The van der Waals surface area contributed by atoms with Crippen molar-refractivity contribution in [3.63, 3.8) is 0 Å². The van der Waals surface area contributed by atoms with E-state index in [2.05, 4.69) is 24.1 Å². The summed E-state index contributed by atoms with van der Waals surface area (Å²) in [6, 6.07) is 1.58. The van der Waals surface area contributed by atoms with Gasteiger partial charge >= 0.3 is 0 Å². The van der Waals surface area contributed by atoms with Gasteiger partial charge in [0.25, 0.3) is 0 Å². The van der Waals surface area contributed by atoms with Crippen LogP contribution in [0.1, 0.15) is 58.8 Å². The van der Waals surface area contributed by atoms with Gasteiger partial charge in [0, 0.05) is 30.7 Å². The summed E-state index contributed by atoms with van der Waals surface area (Å²) in [6.07, 6.45) is 10.0. The zero-order valence-electron chi connectivity index (χ0n) is 11.5. The van der Waals surface area contributed by atoms with Gasteiger partial charge in [0.2, 0.25) is 0 Å². The fourth-order valence-corrected chi connectivity index (χ4v) is 4.07. The Morgan fingerprint density at radius 1 is 1.29 bits per heavy atom. The normalized spacial score (nSPS) is 35.3. The highest BCUT2D eigenvalue weighted by atomic mass is 15.3. The third kappa shape index (κ3) is 2.15. The van der Waals surface area contributed by atoms with Gasteiger partial charge in [-0.3, -0.25) is 4.90 Å². The van der Waals surface area contributed by atoms with Crippen LogP contribution in [0, 0.1) is 5.92 Å². The van der Waals surface area contributed by atoms with Gasteiger partial charge in [-0.15, -0.1) is 0 Å². The molecule has 0 amide bonds. The quantitative estimate of drug-likeness (QED) is 0.810. The molecule has 0 aromatic rings. The van der Waals surface area contributed by atoms with E-state index in [1.54, 1.807) is 0 Å². The Balaban J connectivity index is 1.74. The molecule has 1 heterocycles. The summed E-state index contributed by atoms with van der Waals surface area (Å²) in [5.41, 5.74) is 0.529. The van der Waals surface area contributed by atoms with Crippen LogP contribution in [-0.2, 0) is 0 Å². The highest BCUT2D eigenvalue weighted by Gasteiger charge is 2.47. The molecule has 2 heteroatoms. The van der Waals surface area contributed by atoms with Gasteiger partial charge in [0.05, 0.1) is 0 Å². The highest BCUT2D eigenvalue weighted by Crippen LogP contribution is 2.42. The Kier molecular flexibility index (Phi) is 3.20. The van der Waals surface area contributed by atoms with Gasteiger partial charge in [-0.25, -0.2) is 0 Å². The minimum absolute atomic E-state index is 0.529. The first-order valence-corrected chi connectivity index (χ1v) is 7.75. The average molecular weight is 236 g/mol. The van der Waals surface area contributed by atoms with E-state index < -0.39 is 0 Å². The first kappa shape index (κ1) is 12.0. The van der Waals surface area contributed by atoms with E-state index >= 15 is 0 Å². The fraction of sp³-hybridized carbons (Fsp3) is 1.00. The molecule has 1 N–H and O–H groups in total. The average Bonchev–Trinajstić information content (AvgIpc) is 3.10. The van der Waals surface area contributed by atoms with Crippen molar-refractivity contribution >= 4 is 0 Å². The standard InChI is InChI=1S/C15H28N2/c1-3-12(2)17-10-14(13-6-7-13)16-11-15(17)8-4-5-9-15/h12-14,16H,3-11H2,1-2H3. The van der Waals surface area contributed by atoms with Gasteiger partial charge in [-0.05, 0) is 44.9 Å². The zero-order valence-corrected chi connectivity index (χ0v) is 11.5. The van der Waals surface area contributed by atoms with Crippen molar-refractivity contribution in [1.82, 2.24) is 10.2 Å². The predicted octanol–water partition coefficient (Wildman–Crippen LogP) is 2.78. The first-order chi connectivity index (χ1) is 8.25. The molecule has 1 saturated heterocycles. The predicted molar refractivity (Wildman–Crippen MR) is 72.2 cm³/mol. The molecular weight excluding hydrogens is 208 g/mol. The number of rotatable bonds is 3. The van der Waals surface area contributed by atoms with E-state index in [0.717, 1.165) is 18.0 Å². The topological polar surface area (TPSA) is 15.3 Å². The monoisotopic (exact) mass is 236 g/mol. The Bertz CT molecular complexity index is 266. The minimum Gasteiger partial charge on any atom is -0.311 e. The van der Waals surface area contributed by atoms with E-state index in [-0.39, 0.29) is 0 Å². The molecule has 1 spiro atoms. The van der Waals surface area contributed by atoms with Crippen molar-refractivity contribution in [3.05, 3.63) is 0 Å². The second-order valence-electron chi connectivity index (χ2n) is 6.67. The van der Waals surface area contributed by atoms with Gasteiger partial charge in [-0.1, -0.05) is 19.8 Å². The maximum absolute atomic E-state index is 3.88. The lowest BCUT2D eigenvalue weighted by atomic mass is 9.88. The van der Waals surface area contributed by atoms with Gasteiger partial charge < -0.3 is 5.32 Å². The molecular formula is C15H28N2. The summed E-state index contributed by atoms with van der Waals surface area (Å²) < 4.78 is 0. The molecule has 2 unspecified atom stereocenters. The third-order valence-electron chi connectivity index (χ3n) is 5.54. The maximum Gasteiger partial charge on any atom is 0.0337 e. The lowest BCUT2D eigenvalue weighted by Gasteiger charge is -2.51. The fourth-order valence-electron chi connectivity index (χ4n) is 4.07. The summed E-state index contributed by atoms with van der Waals surface area (Å²) in [7, 11) is 0. The molecule has 0 aromatic carbocycles. The van der Waals surface area contributed by atoms with Crippen LogP contribution in [-0.4, -0.2) is 35.6 Å². The van der Waals surface area contributed by atoms with Crippen LogP contribution in [0.2, 0.25) is 0 Å². The SMILES string of the molecule is CCC(C)N1CC(C2CC2)NCC12CCCC2. The lowest BCUT2D eigenvalue weighted by Crippen LogP contribution is -2.66. The molecule has 3 fully saturated rings. The van der Waals surface area contributed by atoms with E-state index in [0.29, 0.717) is 5.54 Å². The van der Waals surface area contributed by atoms with E-state index in [4.69, 9.17) is 0 Å². The Morgan fingerprint density at radius 2 is 2.00 bits per heavy atom. The molecule has 0 radical (unpaired) electrons. The minimum atomic E-state index is 0.529. The molecule has 2 atom stereocenters. The van der Waals surface area contributed by atoms with Gasteiger partial charge in [0.15, 0.2) is 0 Å². The second kappa shape index (κ2) is 4.55. The molecule has 2 nitrogen and oxygen atoms in total. The summed E-state index contributed by atoms with van der Waals surface area (Å²) >= 11 is 0. The Morgan fingerprint density at radius 3 is 2.59 bits per heavy atom. The van der Waals surface area contributed by atoms with Gasteiger partial charge in [-0.2, -0.15) is 0 Å². The van der Waals surface area contributed by atoms with Crippen LogP contribution < -0.4 is 5.32 Å². The summed E-state index contributed by atoms with van der Waals surface area (Å²) in [5.74, 6) is 1.00. The van der Waals surface area contributed by atoms with Crippen molar-refractivity contribution in [2.75, 3.05) is 13.1 Å². The van der Waals surface area contributed by atoms with Crippen LogP contribution in [0.5, 0.6) is 0 Å². The second-order valence-corrected chi connectivity index (χ2v) is 6.67. The van der Waals surface area contributed by atoms with E-state index in [1.807, 2.05) is 0 Å². The van der Waals surface area contributed by atoms with Crippen molar-refractivity contribution < 1.29 is 0 Å². The Hall–Kier alpha value is -0.0800.